The van der Waals surface area contributed by atoms with Crippen molar-refractivity contribution in [2.45, 2.75) is 6.42 Å². The van der Waals surface area contributed by atoms with E-state index in [2.05, 4.69) is 0 Å². The van der Waals surface area contributed by atoms with Gasteiger partial charge in [-0.2, -0.15) is 0 Å². The van der Waals surface area contributed by atoms with Crippen LogP contribution in [-0.2, 0) is 6.42 Å². The highest BCUT2D eigenvalue weighted by Gasteiger charge is 1.90. The lowest BCUT2D eigenvalue weighted by molar-refractivity contribution is 0.969. The molecule has 0 atom stereocenters. The first kappa shape index (κ1) is 10.8. The Kier molecular flexibility index (Phi) is 5.30. The Morgan fingerprint density at radius 1 is 1.36 bits per heavy atom. The molecule has 0 radical (unpaired) electrons. The lowest BCUT2D eigenvalue weighted by Crippen LogP contribution is -2.02. The summed E-state index contributed by atoms with van der Waals surface area (Å²) in [6.07, 6.45) is 0.903. The van der Waals surface area contributed by atoms with E-state index in [-0.39, 0.29) is 12.4 Å². The van der Waals surface area contributed by atoms with E-state index in [1.165, 1.54) is 5.56 Å². The van der Waals surface area contributed by atoms with Gasteiger partial charge in [-0.1, -0.05) is 23.7 Å². The molecular weight excluding hydrogens is 181 g/mol. The molecule has 0 saturated heterocycles. The van der Waals surface area contributed by atoms with Crippen LogP contribution in [0.15, 0.2) is 24.3 Å². The number of hydrogen-bond donors (Lipinski definition) is 1. The normalized spacial score (nSPS) is 8.91. The largest absolute Gasteiger partial charge is 0.330 e. The first-order chi connectivity index (χ1) is 4.83. The molecule has 0 saturated carbocycles. The van der Waals surface area contributed by atoms with Crippen LogP contribution < -0.4 is 5.73 Å². The lowest BCUT2D eigenvalue weighted by Gasteiger charge is -1.96. The van der Waals surface area contributed by atoms with Gasteiger partial charge < -0.3 is 5.73 Å². The number of rotatable bonds is 2. The third-order valence-corrected chi connectivity index (χ3v) is 1.56. The fraction of sp³-hybridized carbons (Fsp3) is 0.250. The van der Waals surface area contributed by atoms with Crippen LogP contribution in [0.1, 0.15) is 5.56 Å². The molecule has 1 rings (SSSR count). The van der Waals surface area contributed by atoms with Crippen LogP contribution in [0.4, 0.5) is 0 Å². The molecule has 2 N–H and O–H groups in total. The van der Waals surface area contributed by atoms with E-state index in [1.54, 1.807) is 0 Å². The Morgan fingerprint density at radius 3 is 2.64 bits per heavy atom. The van der Waals surface area contributed by atoms with Gasteiger partial charge in [0.05, 0.1) is 0 Å². The molecule has 62 valence electrons. The van der Waals surface area contributed by atoms with Gasteiger partial charge >= 0.3 is 0 Å². The molecule has 0 spiro atoms. The summed E-state index contributed by atoms with van der Waals surface area (Å²) >= 11 is 5.74. The Balaban J connectivity index is 0.000001000. The number of nitrogens with two attached hydrogens (primary N) is 1. The summed E-state index contributed by atoms with van der Waals surface area (Å²) in [7, 11) is 0. The van der Waals surface area contributed by atoms with Crippen molar-refractivity contribution in [2.24, 2.45) is 5.73 Å². The fourth-order valence-electron chi connectivity index (χ4n) is 0.859. The summed E-state index contributed by atoms with van der Waals surface area (Å²) in [6.45, 7) is 0.681. The topological polar surface area (TPSA) is 26.0 Å². The van der Waals surface area contributed by atoms with Crippen LogP contribution in [0, 0.1) is 0 Å². The molecule has 0 aliphatic carbocycles. The average molecular weight is 192 g/mol. The van der Waals surface area contributed by atoms with Crippen LogP contribution in [0.25, 0.3) is 0 Å². The van der Waals surface area contributed by atoms with Crippen molar-refractivity contribution in [3.8, 4) is 0 Å². The van der Waals surface area contributed by atoms with Crippen LogP contribution in [0.2, 0.25) is 5.02 Å². The zero-order chi connectivity index (χ0) is 7.40. The molecular formula is C8H11Cl2N. The predicted octanol–water partition coefficient (Wildman–Crippen LogP) is 2.26. The standard InChI is InChI=1S/C8H10ClN.ClH/c9-8-3-1-2-7(6-8)4-5-10;/h1-3,6H,4-5,10H2;1H. The minimum Gasteiger partial charge on any atom is -0.330 e. The van der Waals surface area contributed by atoms with Gasteiger partial charge in [0, 0.05) is 5.02 Å². The van der Waals surface area contributed by atoms with Crippen LogP contribution in [0.5, 0.6) is 0 Å². The molecule has 0 aliphatic heterocycles. The Hall–Kier alpha value is -0.240. The smallest absolute Gasteiger partial charge is 0.0408 e. The van der Waals surface area contributed by atoms with Crippen molar-refractivity contribution >= 4 is 24.0 Å². The van der Waals surface area contributed by atoms with Gasteiger partial charge in [0.1, 0.15) is 0 Å². The van der Waals surface area contributed by atoms with Crippen molar-refractivity contribution in [3.63, 3.8) is 0 Å². The molecule has 0 aliphatic rings. The van der Waals surface area contributed by atoms with E-state index in [1.807, 2.05) is 24.3 Å². The van der Waals surface area contributed by atoms with Gasteiger partial charge in [0.2, 0.25) is 0 Å². The Labute approximate surface area is 78.0 Å². The number of hydrogen-bond acceptors (Lipinski definition) is 1. The van der Waals surface area contributed by atoms with Gasteiger partial charge in [-0.3, -0.25) is 0 Å². The van der Waals surface area contributed by atoms with Gasteiger partial charge in [-0.05, 0) is 30.7 Å². The molecule has 0 aromatic heterocycles. The molecule has 1 aromatic rings. The highest BCUT2D eigenvalue weighted by molar-refractivity contribution is 6.30. The Bertz CT molecular complexity index is 213. The molecule has 0 fully saturated rings. The van der Waals surface area contributed by atoms with Crippen molar-refractivity contribution in [3.05, 3.63) is 34.9 Å². The average Bonchev–Trinajstić information content (AvgIpc) is 1.88. The van der Waals surface area contributed by atoms with Crippen molar-refractivity contribution < 1.29 is 0 Å². The quantitative estimate of drug-likeness (QED) is 0.764. The van der Waals surface area contributed by atoms with Crippen molar-refractivity contribution in [1.82, 2.24) is 0 Å². The zero-order valence-electron chi connectivity index (χ0n) is 6.09. The summed E-state index contributed by atoms with van der Waals surface area (Å²) in [6, 6.07) is 7.77. The zero-order valence-corrected chi connectivity index (χ0v) is 7.66. The first-order valence-corrected chi connectivity index (χ1v) is 3.65. The maximum Gasteiger partial charge on any atom is 0.0408 e. The van der Waals surface area contributed by atoms with E-state index in [0.717, 1.165) is 11.4 Å². The second kappa shape index (κ2) is 5.42. The van der Waals surface area contributed by atoms with Gasteiger partial charge in [-0.15, -0.1) is 12.4 Å². The minimum absolute atomic E-state index is 0. The van der Waals surface area contributed by atoms with E-state index in [4.69, 9.17) is 17.3 Å². The summed E-state index contributed by atoms with van der Waals surface area (Å²) in [5, 5.41) is 0.783. The molecule has 0 bridgehead atoms. The van der Waals surface area contributed by atoms with E-state index >= 15 is 0 Å². The Morgan fingerprint density at radius 2 is 2.09 bits per heavy atom. The molecule has 1 aromatic carbocycles. The summed E-state index contributed by atoms with van der Waals surface area (Å²) in [5.74, 6) is 0. The van der Waals surface area contributed by atoms with Gasteiger partial charge in [-0.25, -0.2) is 0 Å². The third kappa shape index (κ3) is 3.61. The van der Waals surface area contributed by atoms with E-state index < -0.39 is 0 Å². The van der Waals surface area contributed by atoms with E-state index in [0.29, 0.717) is 6.54 Å². The lowest BCUT2D eigenvalue weighted by atomic mass is 10.2. The predicted molar refractivity (Wildman–Crippen MR) is 51.5 cm³/mol. The minimum atomic E-state index is 0. The number of halogens is 2. The molecule has 11 heavy (non-hydrogen) atoms. The molecule has 1 nitrogen and oxygen atoms in total. The van der Waals surface area contributed by atoms with Crippen molar-refractivity contribution in [2.75, 3.05) is 6.54 Å². The maximum atomic E-state index is 5.74. The first-order valence-electron chi connectivity index (χ1n) is 3.27. The summed E-state index contributed by atoms with van der Waals surface area (Å²) in [5.41, 5.74) is 6.57. The van der Waals surface area contributed by atoms with Crippen molar-refractivity contribution in [1.29, 1.82) is 0 Å². The van der Waals surface area contributed by atoms with Crippen LogP contribution in [0.3, 0.4) is 0 Å². The summed E-state index contributed by atoms with van der Waals surface area (Å²) < 4.78 is 0. The van der Waals surface area contributed by atoms with Crippen LogP contribution in [-0.4, -0.2) is 6.54 Å². The van der Waals surface area contributed by atoms with Gasteiger partial charge in [0.15, 0.2) is 0 Å². The summed E-state index contributed by atoms with van der Waals surface area (Å²) in [4.78, 5) is 0. The third-order valence-electron chi connectivity index (χ3n) is 1.32. The molecule has 0 amide bonds. The van der Waals surface area contributed by atoms with Crippen LogP contribution >= 0.6 is 24.0 Å². The maximum absolute atomic E-state index is 5.74. The second-order valence-electron chi connectivity index (χ2n) is 2.17. The van der Waals surface area contributed by atoms with Gasteiger partial charge in [0.25, 0.3) is 0 Å². The molecule has 3 heteroatoms. The monoisotopic (exact) mass is 191 g/mol. The molecule has 0 unspecified atom stereocenters. The second-order valence-corrected chi connectivity index (χ2v) is 2.61. The fourth-order valence-corrected chi connectivity index (χ4v) is 1.07. The molecule has 0 heterocycles. The number of benzene rings is 1. The van der Waals surface area contributed by atoms with E-state index in [9.17, 15) is 0 Å². The SMILES string of the molecule is Cl.NCCc1cccc(Cl)c1. The highest BCUT2D eigenvalue weighted by Crippen LogP contribution is 2.10. The highest BCUT2D eigenvalue weighted by atomic mass is 35.5.